The van der Waals surface area contributed by atoms with Gasteiger partial charge in [-0.05, 0) is 38.5 Å². The maximum atomic E-state index is 12.1. The number of allylic oxidation sites excluding steroid dienone is 2. The summed E-state index contributed by atoms with van der Waals surface area (Å²) < 4.78 is 0. The van der Waals surface area contributed by atoms with Crippen molar-refractivity contribution in [2.45, 2.75) is 232 Å². The second-order valence-electron chi connectivity index (χ2n) is 13.4. The lowest BCUT2D eigenvalue weighted by molar-refractivity contribution is -0.121. The summed E-state index contributed by atoms with van der Waals surface area (Å²) >= 11 is 0. The summed E-state index contributed by atoms with van der Waals surface area (Å²) in [6.07, 6.45) is 50.7. The molecule has 0 radical (unpaired) electrons. The molecule has 2 heteroatoms. The largest absolute Gasteiger partial charge is 0.356 e. The first-order chi connectivity index (χ1) is 20.8. The van der Waals surface area contributed by atoms with Gasteiger partial charge in [-0.25, -0.2) is 0 Å². The highest BCUT2D eigenvalue weighted by atomic mass is 16.1. The van der Waals surface area contributed by atoms with Crippen LogP contribution in [0.25, 0.3) is 0 Å². The van der Waals surface area contributed by atoms with Crippen molar-refractivity contribution in [1.29, 1.82) is 0 Å². The molecule has 0 unspecified atom stereocenters. The van der Waals surface area contributed by atoms with Crippen LogP contribution < -0.4 is 5.32 Å². The SMILES string of the molecule is CCCCCCCC/C=C\CCCCCCCCNC(=O)CCCCCCCCCCCCCCCCCCCCC. The quantitative estimate of drug-likeness (QED) is 0.0571. The van der Waals surface area contributed by atoms with Gasteiger partial charge in [-0.1, -0.05) is 199 Å². The van der Waals surface area contributed by atoms with Crippen molar-refractivity contribution in [3.05, 3.63) is 12.2 Å². The van der Waals surface area contributed by atoms with Crippen LogP contribution in [0, 0.1) is 0 Å². The van der Waals surface area contributed by atoms with Crippen LogP contribution in [0.4, 0.5) is 0 Å². The highest BCUT2D eigenvalue weighted by Gasteiger charge is 2.01. The molecule has 0 saturated heterocycles. The van der Waals surface area contributed by atoms with Crippen LogP contribution in [-0.4, -0.2) is 12.5 Å². The minimum absolute atomic E-state index is 0.273. The molecule has 42 heavy (non-hydrogen) atoms. The van der Waals surface area contributed by atoms with Gasteiger partial charge in [0.15, 0.2) is 0 Å². The summed E-state index contributed by atoms with van der Waals surface area (Å²) in [6.45, 7) is 5.46. The van der Waals surface area contributed by atoms with Gasteiger partial charge in [-0.15, -0.1) is 0 Å². The van der Waals surface area contributed by atoms with Gasteiger partial charge in [0.2, 0.25) is 5.91 Å². The molecule has 0 aromatic heterocycles. The van der Waals surface area contributed by atoms with Crippen LogP contribution in [-0.2, 0) is 4.79 Å². The summed E-state index contributed by atoms with van der Waals surface area (Å²) in [6, 6.07) is 0. The van der Waals surface area contributed by atoms with Gasteiger partial charge in [0, 0.05) is 13.0 Å². The third kappa shape index (κ3) is 37.2. The molecule has 0 aliphatic heterocycles. The fraction of sp³-hybridized carbons (Fsp3) is 0.925. The maximum absolute atomic E-state index is 12.1. The molecule has 1 amide bonds. The maximum Gasteiger partial charge on any atom is 0.219 e. The Labute approximate surface area is 266 Å². The van der Waals surface area contributed by atoms with E-state index in [1.165, 1.54) is 199 Å². The zero-order valence-electron chi connectivity index (χ0n) is 29.3. The first kappa shape index (κ1) is 41.2. The Balaban J connectivity index is 3.18. The van der Waals surface area contributed by atoms with Crippen molar-refractivity contribution >= 4 is 5.91 Å². The molecule has 0 aliphatic carbocycles. The molecule has 2 nitrogen and oxygen atoms in total. The first-order valence-electron chi connectivity index (χ1n) is 19.7. The van der Waals surface area contributed by atoms with Gasteiger partial charge >= 0.3 is 0 Å². The molecule has 0 fully saturated rings. The van der Waals surface area contributed by atoms with Gasteiger partial charge in [-0.3, -0.25) is 4.79 Å². The Hall–Kier alpha value is -0.790. The standard InChI is InChI=1S/C40H79NO/c1-3-5-7-9-11-13-15-17-19-21-22-23-24-26-28-30-32-34-36-38-40(42)41-39-37-35-33-31-29-27-25-20-18-16-14-12-10-8-6-4-2/h18,20H,3-17,19,21-39H2,1-2H3,(H,41,42)/b20-18-. The fourth-order valence-electron chi connectivity index (χ4n) is 6.05. The van der Waals surface area contributed by atoms with Crippen molar-refractivity contribution < 1.29 is 4.79 Å². The van der Waals surface area contributed by atoms with Crippen LogP contribution in [0.3, 0.4) is 0 Å². The summed E-state index contributed by atoms with van der Waals surface area (Å²) in [5.74, 6) is 0.273. The predicted molar refractivity (Wildman–Crippen MR) is 190 cm³/mol. The first-order valence-corrected chi connectivity index (χ1v) is 19.7. The van der Waals surface area contributed by atoms with E-state index in [0.717, 1.165) is 25.8 Å². The highest BCUT2D eigenvalue weighted by molar-refractivity contribution is 5.75. The number of rotatable bonds is 36. The van der Waals surface area contributed by atoms with E-state index in [0.29, 0.717) is 0 Å². The lowest BCUT2D eigenvalue weighted by atomic mass is 10.0. The fourth-order valence-corrected chi connectivity index (χ4v) is 6.05. The molecule has 0 aromatic carbocycles. The van der Waals surface area contributed by atoms with E-state index in [4.69, 9.17) is 0 Å². The lowest BCUT2D eigenvalue weighted by Crippen LogP contribution is -2.23. The van der Waals surface area contributed by atoms with Gasteiger partial charge in [-0.2, -0.15) is 0 Å². The average Bonchev–Trinajstić information content (AvgIpc) is 3.00. The zero-order valence-corrected chi connectivity index (χ0v) is 29.3. The topological polar surface area (TPSA) is 29.1 Å². The smallest absolute Gasteiger partial charge is 0.219 e. The summed E-state index contributed by atoms with van der Waals surface area (Å²) in [7, 11) is 0. The van der Waals surface area contributed by atoms with E-state index in [-0.39, 0.29) is 5.91 Å². The Morgan fingerprint density at radius 1 is 0.381 bits per heavy atom. The minimum atomic E-state index is 0.273. The van der Waals surface area contributed by atoms with Crippen LogP contribution in [0.2, 0.25) is 0 Å². The van der Waals surface area contributed by atoms with E-state index in [1.807, 2.05) is 0 Å². The molecular formula is C40H79NO. The zero-order chi connectivity index (χ0) is 30.4. The third-order valence-corrected chi connectivity index (χ3v) is 9.02. The van der Waals surface area contributed by atoms with E-state index in [2.05, 4.69) is 31.3 Å². The molecule has 0 heterocycles. The lowest BCUT2D eigenvalue weighted by Gasteiger charge is -2.06. The van der Waals surface area contributed by atoms with Crippen molar-refractivity contribution in [1.82, 2.24) is 5.32 Å². The summed E-state index contributed by atoms with van der Waals surface area (Å²) in [5, 5.41) is 3.14. The number of nitrogens with one attached hydrogen (secondary N) is 1. The monoisotopic (exact) mass is 590 g/mol. The summed E-state index contributed by atoms with van der Waals surface area (Å²) in [4.78, 5) is 12.1. The van der Waals surface area contributed by atoms with E-state index in [9.17, 15) is 4.79 Å². The number of hydrogen-bond donors (Lipinski definition) is 1. The van der Waals surface area contributed by atoms with Crippen LogP contribution in [0.1, 0.15) is 232 Å². The second-order valence-corrected chi connectivity index (χ2v) is 13.4. The van der Waals surface area contributed by atoms with Crippen molar-refractivity contribution in [3.8, 4) is 0 Å². The molecule has 0 spiro atoms. The Morgan fingerprint density at radius 2 is 0.667 bits per heavy atom. The van der Waals surface area contributed by atoms with Crippen LogP contribution >= 0.6 is 0 Å². The number of amides is 1. The third-order valence-electron chi connectivity index (χ3n) is 9.02. The van der Waals surface area contributed by atoms with E-state index >= 15 is 0 Å². The number of carbonyl (C=O) groups is 1. The highest BCUT2D eigenvalue weighted by Crippen LogP contribution is 2.15. The van der Waals surface area contributed by atoms with Gasteiger partial charge in [0.25, 0.3) is 0 Å². The Morgan fingerprint density at radius 3 is 1.02 bits per heavy atom. The Bertz CT molecular complexity index is 528. The normalized spacial score (nSPS) is 11.6. The molecule has 0 aliphatic rings. The van der Waals surface area contributed by atoms with Crippen LogP contribution in [0.15, 0.2) is 12.2 Å². The number of carbonyl (C=O) groups excluding carboxylic acids is 1. The van der Waals surface area contributed by atoms with Crippen molar-refractivity contribution in [2.75, 3.05) is 6.54 Å². The molecule has 0 rings (SSSR count). The van der Waals surface area contributed by atoms with Gasteiger partial charge in [0.1, 0.15) is 0 Å². The molecular weight excluding hydrogens is 510 g/mol. The van der Waals surface area contributed by atoms with Crippen LogP contribution in [0.5, 0.6) is 0 Å². The second kappa shape index (κ2) is 38.2. The minimum Gasteiger partial charge on any atom is -0.356 e. The van der Waals surface area contributed by atoms with Crippen molar-refractivity contribution in [3.63, 3.8) is 0 Å². The number of hydrogen-bond acceptors (Lipinski definition) is 1. The molecule has 0 bridgehead atoms. The van der Waals surface area contributed by atoms with Crippen molar-refractivity contribution in [2.24, 2.45) is 0 Å². The van der Waals surface area contributed by atoms with E-state index in [1.54, 1.807) is 0 Å². The molecule has 250 valence electrons. The van der Waals surface area contributed by atoms with Gasteiger partial charge < -0.3 is 5.32 Å². The Kier molecular flexibility index (Phi) is 37.5. The van der Waals surface area contributed by atoms with E-state index < -0.39 is 0 Å². The summed E-state index contributed by atoms with van der Waals surface area (Å²) in [5.41, 5.74) is 0. The predicted octanol–water partition coefficient (Wildman–Crippen LogP) is 14.0. The molecule has 1 N–H and O–H groups in total. The molecule has 0 saturated carbocycles. The molecule has 0 aromatic rings. The molecule has 0 atom stereocenters. The number of unbranched alkanes of at least 4 members (excludes halogenated alkanes) is 30. The van der Waals surface area contributed by atoms with Gasteiger partial charge in [0.05, 0.1) is 0 Å². The average molecular weight is 590 g/mol.